The van der Waals surface area contributed by atoms with Gasteiger partial charge >= 0.3 is 0 Å². The Morgan fingerprint density at radius 1 is 0.595 bits per heavy atom. The number of benzene rings is 4. The molecule has 0 radical (unpaired) electrons. The fraction of sp³-hybridized carbons (Fsp3) is 0.200. The highest BCUT2D eigenvalue weighted by molar-refractivity contribution is 5.64. The number of hydrogen-bond acceptors (Lipinski definition) is 12. The van der Waals surface area contributed by atoms with Crippen LogP contribution >= 0.6 is 0 Å². The first kappa shape index (κ1) is 27.1. The van der Waals surface area contributed by atoms with Crippen molar-refractivity contribution < 1.29 is 60.5 Å². The molecule has 5 atom stereocenters. The molecule has 2 aliphatic heterocycles. The molecule has 2 aliphatic rings. The molecule has 42 heavy (non-hydrogen) atoms. The van der Waals surface area contributed by atoms with Gasteiger partial charge in [0, 0.05) is 28.8 Å². The SMILES string of the molecule is Oc1cc(O)c2c(c1)O[C@H](c1ccc(O)c(O)c1)[C@@H](O)[C@H]2c1c(O)cc2c(c1O)CO[C@H](c1ccc(O)c(O)c1)[C@H]2O. The van der Waals surface area contributed by atoms with Crippen LogP contribution in [0.1, 0.15) is 57.6 Å². The van der Waals surface area contributed by atoms with Gasteiger partial charge in [-0.2, -0.15) is 0 Å². The molecule has 0 aromatic heterocycles. The molecule has 10 N–H and O–H groups in total. The lowest BCUT2D eigenvalue weighted by Crippen LogP contribution is -2.35. The molecule has 0 saturated heterocycles. The van der Waals surface area contributed by atoms with Crippen LogP contribution in [-0.4, -0.2) is 57.2 Å². The molecule has 6 rings (SSSR count). The van der Waals surface area contributed by atoms with E-state index in [4.69, 9.17) is 9.47 Å². The molecular formula is C30H26O12. The van der Waals surface area contributed by atoms with Gasteiger partial charge in [0.25, 0.3) is 0 Å². The second-order valence-corrected chi connectivity index (χ2v) is 10.3. The van der Waals surface area contributed by atoms with Crippen molar-refractivity contribution in [1.82, 2.24) is 0 Å². The van der Waals surface area contributed by atoms with E-state index in [1.54, 1.807) is 0 Å². The summed E-state index contributed by atoms with van der Waals surface area (Å²) in [5.41, 5.74) is 0.439. The van der Waals surface area contributed by atoms with Crippen molar-refractivity contribution in [3.63, 3.8) is 0 Å². The summed E-state index contributed by atoms with van der Waals surface area (Å²) in [6.45, 7) is -0.263. The summed E-state index contributed by atoms with van der Waals surface area (Å²) < 4.78 is 11.7. The van der Waals surface area contributed by atoms with Crippen molar-refractivity contribution in [2.24, 2.45) is 0 Å². The zero-order valence-electron chi connectivity index (χ0n) is 21.6. The Labute approximate surface area is 237 Å². The average molecular weight is 579 g/mol. The van der Waals surface area contributed by atoms with Gasteiger partial charge in [-0.05, 0) is 47.0 Å². The van der Waals surface area contributed by atoms with E-state index in [0.717, 1.165) is 12.1 Å². The topological polar surface area (TPSA) is 221 Å². The molecule has 0 saturated carbocycles. The molecule has 0 fully saturated rings. The maximum atomic E-state index is 11.6. The van der Waals surface area contributed by atoms with Gasteiger partial charge in [0.2, 0.25) is 0 Å². The van der Waals surface area contributed by atoms with Crippen LogP contribution in [0.25, 0.3) is 0 Å². The predicted molar refractivity (Wildman–Crippen MR) is 143 cm³/mol. The van der Waals surface area contributed by atoms with E-state index >= 15 is 0 Å². The number of phenols is 8. The van der Waals surface area contributed by atoms with E-state index in [0.29, 0.717) is 5.56 Å². The normalized spacial score (nSPS) is 23.0. The number of ether oxygens (including phenoxy) is 2. The van der Waals surface area contributed by atoms with Gasteiger partial charge in [0.1, 0.15) is 47.1 Å². The van der Waals surface area contributed by atoms with E-state index < -0.39 is 64.8 Å². The summed E-state index contributed by atoms with van der Waals surface area (Å²) in [5, 5.41) is 106. The van der Waals surface area contributed by atoms with Crippen LogP contribution in [0.4, 0.5) is 0 Å². The lowest BCUT2D eigenvalue weighted by atomic mass is 9.77. The van der Waals surface area contributed by atoms with Crippen LogP contribution in [0.2, 0.25) is 0 Å². The van der Waals surface area contributed by atoms with Gasteiger partial charge in [-0.15, -0.1) is 0 Å². The maximum Gasteiger partial charge on any atom is 0.157 e. The number of aromatic hydroxyl groups is 8. The Hall–Kier alpha value is -5.04. The van der Waals surface area contributed by atoms with Crippen molar-refractivity contribution >= 4 is 0 Å². The largest absolute Gasteiger partial charge is 0.508 e. The molecule has 4 aromatic carbocycles. The molecule has 0 unspecified atom stereocenters. The van der Waals surface area contributed by atoms with Crippen LogP contribution in [0.15, 0.2) is 54.6 Å². The third-order valence-electron chi connectivity index (χ3n) is 7.76. The summed E-state index contributed by atoms with van der Waals surface area (Å²) in [5.74, 6) is -5.08. The lowest BCUT2D eigenvalue weighted by molar-refractivity contribution is -0.0666. The quantitative estimate of drug-likeness (QED) is 0.158. The summed E-state index contributed by atoms with van der Waals surface area (Å²) in [4.78, 5) is 0. The number of phenolic OH excluding ortho intramolecular Hbond substituents is 8. The highest BCUT2D eigenvalue weighted by Crippen LogP contribution is 2.56. The second-order valence-electron chi connectivity index (χ2n) is 10.3. The Morgan fingerprint density at radius 3 is 1.81 bits per heavy atom. The first-order valence-corrected chi connectivity index (χ1v) is 12.8. The lowest BCUT2D eigenvalue weighted by Gasteiger charge is -2.39. The highest BCUT2D eigenvalue weighted by atomic mass is 16.5. The van der Waals surface area contributed by atoms with Gasteiger partial charge in [0.15, 0.2) is 29.1 Å². The fourth-order valence-electron chi connectivity index (χ4n) is 5.74. The minimum absolute atomic E-state index is 0.0557. The molecule has 4 aromatic rings. The van der Waals surface area contributed by atoms with Crippen molar-refractivity contribution in [3.05, 3.63) is 88.0 Å². The third kappa shape index (κ3) is 4.20. The van der Waals surface area contributed by atoms with Gasteiger partial charge in [-0.25, -0.2) is 0 Å². The van der Waals surface area contributed by atoms with Gasteiger partial charge in [0.05, 0.1) is 12.5 Å². The highest BCUT2D eigenvalue weighted by Gasteiger charge is 2.45. The number of hydrogen-bond donors (Lipinski definition) is 10. The fourth-order valence-corrected chi connectivity index (χ4v) is 5.74. The smallest absolute Gasteiger partial charge is 0.157 e. The second kappa shape index (κ2) is 9.80. The van der Waals surface area contributed by atoms with E-state index in [2.05, 4.69) is 0 Å². The summed E-state index contributed by atoms with van der Waals surface area (Å²) in [6, 6.07) is 11.0. The standard InChI is InChI=1S/C30H26O12/c31-13-7-20(36)23-22(8-13)42-30(12-2-4-17(33)19(35)6-12)28(40)25(23)24-21(37)9-14-15(26(24)38)10-41-29(27(14)39)11-1-3-16(32)18(34)5-11/h1-9,25,27-40H,10H2/t25-,27+,28+,29-,30-/m1/s1. The van der Waals surface area contributed by atoms with Crippen molar-refractivity contribution in [1.29, 1.82) is 0 Å². The Morgan fingerprint density at radius 2 is 1.19 bits per heavy atom. The summed E-state index contributed by atoms with van der Waals surface area (Å²) in [6.07, 6.45) is -5.32. The van der Waals surface area contributed by atoms with Gasteiger partial charge < -0.3 is 60.5 Å². The number of fused-ring (bicyclic) bond motifs is 2. The van der Waals surface area contributed by atoms with Gasteiger partial charge in [-0.3, -0.25) is 0 Å². The zero-order chi connectivity index (χ0) is 30.0. The van der Waals surface area contributed by atoms with Crippen molar-refractivity contribution in [3.8, 4) is 51.7 Å². The molecule has 0 amide bonds. The number of aliphatic hydroxyl groups is 2. The average Bonchev–Trinajstić information content (AvgIpc) is 2.93. The predicted octanol–water partition coefficient (Wildman–Crippen LogP) is 3.26. The Kier molecular flexibility index (Phi) is 6.34. The van der Waals surface area contributed by atoms with Crippen LogP contribution < -0.4 is 4.74 Å². The van der Waals surface area contributed by atoms with Crippen LogP contribution in [0, 0.1) is 0 Å². The van der Waals surface area contributed by atoms with E-state index in [9.17, 15) is 51.1 Å². The van der Waals surface area contributed by atoms with E-state index in [1.807, 2.05) is 0 Å². The van der Waals surface area contributed by atoms with E-state index in [-0.39, 0.29) is 51.7 Å². The molecular weight excluding hydrogens is 552 g/mol. The minimum Gasteiger partial charge on any atom is -0.508 e. The van der Waals surface area contributed by atoms with Crippen LogP contribution in [-0.2, 0) is 11.3 Å². The molecule has 218 valence electrons. The Bertz CT molecular complexity index is 1720. The molecule has 12 nitrogen and oxygen atoms in total. The number of aliphatic hydroxyl groups excluding tert-OH is 2. The Balaban J connectivity index is 1.48. The molecule has 0 spiro atoms. The molecule has 12 heteroatoms. The molecule has 0 bridgehead atoms. The minimum atomic E-state index is -1.60. The summed E-state index contributed by atoms with van der Waals surface area (Å²) >= 11 is 0. The van der Waals surface area contributed by atoms with Gasteiger partial charge in [-0.1, -0.05) is 12.1 Å². The number of rotatable bonds is 3. The first-order valence-electron chi connectivity index (χ1n) is 12.8. The van der Waals surface area contributed by atoms with Crippen LogP contribution in [0.5, 0.6) is 51.7 Å². The van der Waals surface area contributed by atoms with Crippen molar-refractivity contribution in [2.45, 2.75) is 36.9 Å². The zero-order valence-corrected chi connectivity index (χ0v) is 21.6. The maximum absolute atomic E-state index is 11.6. The first-order chi connectivity index (χ1) is 20.0. The summed E-state index contributed by atoms with van der Waals surface area (Å²) in [7, 11) is 0. The van der Waals surface area contributed by atoms with Crippen LogP contribution in [0.3, 0.4) is 0 Å². The van der Waals surface area contributed by atoms with E-state index in [1.165, 1.54) is 42.5 Å². The third-order valence-corrected chi connectivity index (χ3v) is 7.76. The molecule has 0 aliphatic carbocycles. The monoisotopic (exact) mass is 578 g/mol. The van der Waals surface area contributed by atoms with Crippen molar-refractivity contribution in [2.75, 3.05) is 0 Å². The molecule has 2 heterocycles.